The minimum Gasteiger partial charge on any atom is -0.493 e. The van der Waals surface area contributed by atoms with Crippen molar-refractivity contribution in [2.24, 2.45) is 0 Å². The van der Waals surface area contributed by atoms with Gasteiger partial charge in [0.2, 0.25) is 0 Å². The maximum absolute atomic E-state index is 13.2. The maximum Gasteiger partial charge on any atom is 0.335 e. The van der Waals surface area contributed by atoms with Crippen LogP contribution in [0.1, 0.15) is 11.1 Å². The zero-order valence-electron chi connectivity index (χ0n) is 20.0. The monoisotopic (exact) mass is 634 g/mol. The molecular weight excluding hydrogens is 616 g/mol. The van der Waals surface area contributed by atoms with E-state index in [1.807, 2.05) is 30.3 Å². The molecule has 0 aromatic heterocycles. The fourth-order valence-corrected chi connectivity index (χ4v) is 4.93. The number of nitrogens with one attached hydrogen (secondary N) is 1. The van der Waals surface area contributed by atoms with E-state index in [0.29, 0.717) is 33.8 Å². The first kappa shape index (κ1) is 25.7. The minimum atomic E-state index is -0.810. The molecule has 38 heavy (non-hydrogen) atoms. The average Bonchev–Trinajstić information content (AvgIpc) is 2.91. The van der Waals surface area contributed by atoms with Gasteiger partial charge in [-0.3, -0.25) is 14.9 Å². The number of barbiturate groups is 1. The Kier molecular flexibility index (Phi) is 7.31. The summed E-state index contributed by atoms with van der Waals surface area (Å²) in [5.74, 6) is -0.613. The van der Waals surface area contributed by atoms with Crippen LogP contribution in [-0.2, 0) is 16.2 Å². The molecule has 0 saturated carbocycles. The zero-order chi connectivity index (χ0) is 26.8. The van der Waals surface area contributed by atoms with Crippen LogP contribution in [-0.4, -0.2) is 25.0 Å². The Morgan fingerprint density at radius 2 is 1.63 bits per heavy atom. The Bertz CT molecular complexity index is 1620. The fourth-order valence-electron chi connectivity index (χ4n) is 4.10. The summed E-state index contributed by atoms with van der Waals surface area (Å²) in [7, 11) is 1.51. The zero-order valence-corrected chi connectivity index (χ0v) is 23.2. The van der Waals surface area contributed by atoms with E-state index in [-0.39, 0.29) is 5.57 Å². The van der Waals surface area contributed by atoms with E-state index in [2.05, 4.69) is 49.3 Å². The number of ether oxygens (including phenoxy) is 2. The quantitative estimate of drug-likeness (QED) is 0.190. The lowest BCUT2D eigenvalue weighted by Crippen LogP contribution is -2.54. The second-order valence-electron chi connectivity index (χ2n) is 8.44. The third-order valence-corrected chi connectivity index (χ3v) is 7.06. The highest BCUT2D eigenvalue weighted by atomic mass is 79.9. The van der Waals surface area contributed by atoms with E-state index in [1.165, 1.54) is 13.2 Å². The SMILES string of the molecule is COc1cc(/C=C2\C(=O)NC(=O)N(c3ccc(Br)cc3)C2=O)cc(Br)c1OCc1ccc2ccccc2c1. The molecule has 1 aliphatic rings. The van der Waals surface area contributed by atoms with Gasteiger partial charge in [0, 0.05) is 4.47 Å². The predicted octanol–water partition coefficient (Wildman–Crippen LogP) is 6.62. The fraction of sp³-hybridized carbons (Fsp3) is 0.0690. The number of fused-ring (bicyclic) bond motifs is 1. The Labute approximate surface area is 235 Å². The van der Waals surface area contributed by atoms with E-state index >= 15 is 0 Å². The van der Waals surface area contributed by atoms with Crippen LogP contribution in [0.4, 0.5) is 10.5 Å². The summed E-state index contributed by atoms with van der Waals surface area (Å²) in [6, 6.07) is 23.4. The van der Waals surface area contributed by atoms with Gasteiger partial charge in [0.25, 0.3) is 11.8 Å². The van der Waals surface area contributed by atoms with Crippen molar-refractivity contribution >= 4 is 72.2 Å². The van der Waals surface area contributed by atoms with Crippen molar-refractivity contribution in [1.29, 1.82) is 0 Å². The average molecular weight is 636 g/mol. The van der Waals surface area contributed by atoms with Crippen LogP contribution in [0.5, 0.6) is 11.5 Å². The van der Waals surface area contributed by atoms with E-state index in [4.69, 9.17) is 9.47 Å². The summed E-state index contributed by atoms with van der Waals surface area (Å²) in [5.41, 5.74) is 1.65. The van der Waals surface area contributed by atoms with E-state index < -0.39 is 17.8 Å². The van der Waals surface area contributed by atoms with Crippen molar-refractivity contribution in [3.8, 4) is 11.5 Å². The van der Waals surface area contributed by atoms with Crippen LogP contribution in [0.15, 0.2) is 93.4 Å². The molecule has 0 aliphatic carbocycles. The second-order valence-corrected chi connectivity index (χ2v) is 10.2. The van der Waals surface area contributed by atoms with Gasteiger partial charge >= 0.3 is 6.03 Å². The molecule has 7 nitrogen and oxygen atoms in total. The Morgan fingerprint density at radius 1 is 0.895 bits per heavy atom. The number of hydrogen-bond donors (Lipinski definition) is 1. The topological polar surface area (TPSA) is 84.9 Å². The summed E-state index contributed by atoms with van der Waals surface area (Å²) in [5, 5.41) is 4.49. The summed E-state index contributed by atoms with van der Waals surface area (Å²) >= 11 is 6.85. The third-order valence-electron chi connectivity index (χ3n) is 5.95. The second kappa shape index (κ2) is 10.8. The molecule has 1 aliphatic heterocycles. The number of carbonyl (C=O) groups is 3. The highest BCUT2D eigenvalue weighted by molar-refractivity contribution is 9.10. The molecule has 1 heterocycles. The first-order valence-electron chi connectivity index (χ1n) is 11.5. The minimum absolute atomic E-state index is 0.189. The van der Waals surface area contributed by atoms with E-state index in [1.54, 1.807) is 36.4 Å². The molecule has 0 atom stereocenters. The normalized spacial score (nSPS) is 14.7. The number of nitrogens with zero attached hydrogens (tertiary/aromatic N) is 1. The van der Waals surface area contributed by atoms with Crippen LogP contribution in [0.2, 0.25) is 0 Å². The standard InChI is InChI=1S/C29H20Br2N2O5/c1-37-25-15-18(13-23-27(34)32-29(36)33(28(23)35)22-10-8-21(30)9-11-22)14-24(31)26(25)38-16-17-6-7-19-4-2-3-5-20(19)12-17/h2-15H,16H2,1H3,(H,32,34,36)/b23-13+. The molecule has 0 spiro atoms. The molecule has 4 aromatic rings. The largest absolute Gasteiger partial charge is 0.493 e. The van der Waals surface area contributed by atoms with Gasteiger partial charge in [-0.1, -0.05) is 52.3 Å². The van der Waals surface area contributed by atoms with Gasteiger partial charge in [-0.25, -0.2) is 9.69 Å². The molecule has 190 valence electrons. The number of benzene rings is 4. The van der Waals surface area contributed by atoms with Crippen molar-refractivity contribution in [2.75, 3.05) is 12.0 Å². The molecule has 4 aromatic carbocycles. The number of anilines is 1. The molecule has 4 amide bonds. The summed E-state index contributed by atoms with van der Waals surface area (Å²) in [4.78, 5) is 39.2. The van der Waals surface area contributed by atoms with Crippen LogP contribution >= 0.6 is 31.9 Å². The molecule has 1 N–H and O–H groups in total. The highest BCUT2D eigenvalue weighted by Gasteiger charge is 2.36. The van der Waals surface area contributed by atoms with Crippen molar-refractivity contribution in [3.05, 3.63) is 105 Å². The number of carbonyl (C=O) groups excluding carboxylic acids is 3. The summed E-state index contributed by atoms with van der Waals surface area (Å²) in [6.45, 7) is 0.311. The number of rotatable bonds is 6. The van der Waals surface area contributed by atoms with Crippen LogP contribution in [0.3, 0.4) is 0 Å². The van der Waals surface area contributed by atoms with Gasteiger partial charge in [-0.2, -0.15) is 0 Å². The molecule has 0 bridgehead atoms. The lowest BCUT2D eigenvalue weighted by Gasteiger charge is -2.26. The number of urea groups is 1. The molecule has 0 radical (unpaired) electrons. The maximum atomic E-state index is 13.2. The predicted molar refractivity (Wildman–Crippen MR) is 152 cm³/mol. The van der Waals surface area contributed by atoms with Crippen LogP contribution in [0, 0.1) is 0 Å². The van der Waals surface area contributed by atoms with Gasteiger partial charge < -0.3 is 9.47 Å². The molecule has 0 unspecified atom stereocenters. The van der Waals surface area contributed by atoms with Gasteiger partial charge in [0.05, 0.1) is 17.3 Å². The van der Waals surface area contributed by atoms with Gasteiger partial charge in [0.15, 0.2) is 11.5 Å². The van der Waals surface area contributed by atoms with Gasteiger partial charge in [-0.05, 0) is 86.4 Å². The van der Waals surface area contributed by atoms with Crippen molar-refractivity contribution < 1.29 is 23.9 Å². The van der Waals surface area contributed by atoms with Gasteiger partial charge in [0.1, 0.15) is 12.2 Å². The lowest BCUT2D eigenvalue weighted by molar-refractivity contribution is -0.122. The Morgan fingerprint density at radius 3 is 2.37 bits per heavy atom. The molecule has 1 fully saturated rings. The molecular formula is C29H20Br2N2O5. The highest BCUT2D eigenvalue weighted by Crippen LogP contribution is 2.38. The number of methoxy groups -OCH3 is 1. The number of hydrogen-bond acceptors (Lipinski definition) is 5. The van der Waals surface area contributed by atoms with Crippen molar-refractivity contribution in [3.63, 3.8) is 0 Å². The van der Waals surface area contributed by atoms with Crippen LogP contribution in [0.25, 0.3) is 16.8 Å². The van der Waals surface area contributed by atoms with E-state index in [9.17, 15) is 14.4 Å². The third kappa shape index (κ3) is 5.20. The number of amides is 4. The van der Waals surface area contributed by atoms with Crippen molar-refractivity contribution in [2.45, 2.75) is 6.61 Å². The molecule has 1 saturated heterocycles. The smallest absolute Gasteiger partial charge is 0.335 e. The molecule has 9 heteroatoms. The van der Waals surface area contributed by atoms with Gasteiger partial charge in [-0.15, -0.1) is 0 Å². The summed E-state index contributed by atoms with van der Waals surface area (Å²) in [6.07, 6.45) is 1.41. The van der Waals surface area contributed by atoms with E-state index in [0.717, 1.165) is 25.7 Å². The number of halogens is 2. The Balaban J connectivity index is 1.42. The van der Waals surface area contributed by atoms with Crippen LogP contribution < -0.4 is 19.7 Å². The number of imide groups is 2. The first-order chi connectivity index (χ1) is 18.3. The first-order valence-corrected chi connectivity index (χ1v) is 13.1. The Hall–Kier alpha value is -3.95. The summed E-state index contributed by atoms with van der Waals surface area (Å²) < 4.78 is 13.0. The van der Waals surface area contributed by atoms with Crippen molar-refractivity contribution in [1.82, 2.24) is 5.32 Å². The molecule has 5 rings (SSSR count). The lowest BCUT2D eigenvalue weighted by atomic mass is 10.1.